The van der Waals surface area contributed by atoms with E-state index in [9.17, 15) is 0 Å². The molecule has 0 spiro atoms. The van der Waals surface area contributed by atoms with Crippen molar-refractivity contribution >= 4 is 32.7 Å². The fourth-order valence-electron chi connectivity index (χ4n) is 2.72. The lowest BCUT2D eigenvalue weighted by Gasteiger charge is -1.99. The number of aromatic nitrogens is 2. The Hall–Kier alpha value is -2.22. The van der Waals surface area contributed by atoms with Gasteiger partial charge in [-0.05, 0) is 18.2 Å². The van der Waals surface area contributed by atoms with Crippen LogP contribution in [0.2, 0.25) is 0 Å². The molecule has 2 nitrogen and oxygen atoms in total. The first kappa shape index (κ1) is 8.88. The Morgan fingerprint density at radius 1 is 0.941 bits per heavy atom. The number of para-hydroxylation sites is 1. The highest BCUT2D eigenvalue weighted by molar-refractivity contribution is 6.19. The van der Waals surface area contributed by atoms with Gasteiger partial charge in [0.2, 0.25) is 0 Å². The van der Waals surface area contributed by atoms with Gasteiger partial charge in [0, 0.05) is 40.4 Å². The molecular formula is C15H12N2. The summed E-state index contributed by atoms with van der Waals surface area (Å²) in [4.78, 5) is 3.47. The molecule has 0 atom stereocenters. The molecule has 0 fully saturated rings. The normalized spacial score (nSPS) is 11.8. The highest BCUT2D eigenvalue weighted by atomic mass is 14.9. The van der Waals surface area contributed by atoms with Crippen molar-refractivity contribution in [2.24, 2.45) is 7.05 Å². The first-order valence-electron chi connectivity index (χ1n) is 5.79. The van der Waals surface area contributed by atoms with E-state index in [-0.39, 0.29) is 0 Å². The number of benzene rings is 2. The van der Waals surface area contributed by atoms with E-state index in [1.807, 2.05) is 0 Å². The molecule has 2 aromatic heterocycles. The predicted molar refractivity (Wildman–Crippen MR) is 72.3 cm³/mol. The van der Waals surface area contributed by atoms with Crippen molar-refractivity contribution in [3.63, 3.8) is 0 Å². The average molecular weight is 220 g/mol. The zero-order valence-electron chi connectivity index (χ0n) is 9.57. The molecule has 17 heavy (non-hydrogen) atoms. The van der Waals surface area contributed by atoms with Gasteiger partial charge in [-0.15, -0.1) is 0 Å². The Morgan fingerprint density at radius 3 is 2.76 bits per heavy atom. The number of fused-ring (bicyclic) bond motifs is 5. The van der Waals surface area contributed by atoms with Gasteiger partial charge in [-0.2, -0.15) is 0 Å². The van der Waals surface area contributed by atoms with Crippen LogP contribution in [0.15, 0.2) is 48.7 Å². The van der Waals surface area contributed by atoms with Crippen molar-refractivity contribution in [1.82, 2.24) is 9.55 Å². The number of aryl methyl sites for hydroxylation is 1. The van der Waals surface area contributed by atoms with E-state index in [1.54, 1.807) is 0 Å². The minimum Gasteiger partial charge on any atom is -0.354 e. The summed E-state index contributed by atoms with van der Waals surface area (Å²) in [6, 6.07) is 15.0. The van der Waals surface area contributed by atoms with Gasteiger partial charge in [0.05, 0.1) is 5.52 Å². The number of H-pyrrole nitrogens is 1. The van der Waals surface area contributed by atoms with Crippen molar-refractivity contribution in [2.45, 2.75) is 0 Å². The van der Waals surface area contributed by atoms with Crippen molar-refractivity contribution in [1.29, 1.82) is 0 Å². The van der Waals surface area contributed by atoms with Crippen LogP contribution < -0.4 is 0 Å². The summed E-state index contributed by atoms with van der Waals surface area (Å²) in [6.45, 7) is 0. The quantitative estimate of drug-likeness (QED) is 0.465. The molecule has 2 heteroatoms. The van der Waals surface area contributed by atoms with Crippen molar-refractivity contribution in [3.8, 4) is 0 Å². The molecule has 2 heterocycles. The molecule has 0 bridgehead atoms. The third kappa shape index (κ3) is 1.04. The minimum atomic E-state index is 1.20. The molecule has 0 saturated heterocycles. The summed E-state index contributed by atoms with van der Waals surface area (Å²) < 4.78 is 2.19. The van der Waals surface area contributed by atoms with E-state index in [4.69, 9.17) is 0 Å². The summed E-state index contributed by atoms with van der Waals surface area (Å²) >= 11 is 0. The summed E-state index contributed by atoms with van der Waals surface area (Å²) in [5, 5.41) is 3.92. The Labute approximate surface area is 98.5 Å². The Bertz CT molecular complexity index is 849. The SMILES string of the molecule is Cn1ccc2ccc3[nH]c4ccccc4c3c21. The minimum absolute atomic E-state index is 1.20. The van der Waals surface area contributed by atoms with E-state index in [1.165, 1.54) is 32.7 Å². The molecule has 0 saturated carbocycles. The van der Waals surface area contributed by atoms with Crippen LogP contribution in [0.5, 0.6) is 0 Å². The maximum Gasteiger partial charge on any atom is 0.0579 e. The standard InChI is InChI=1S/C15H12N2/c1-17-9-8-10-6-7-13-14(15(10)17)11-4-2-3-5-12(11)16-13/h2-9,16H,1H3. The van der Waals surface area contributed by atoms with E-state index >= 15 is 0 Å². The highest BCUT2D eigenvalue weighted by Crippen LogP contribution is 2.32. The van der Waals surface area contributed by atoms with Crippen LogP contribution in [-0.4, -0.2) is 9.55 Å². The van der Waals surface area contributed by atoms with Crippen LogP contribution in [-0.2, 0) is 7.05 Å². The second kappa shape index (κ2) is 2.92. The van der Waals surface area contributed by atoms with Gasteiger partial charge < -0.3 is 9.55 Å². The second-order valence-electron chi connectivity index (χ2n) is 4.52. The predicted octanol–water partition coefficient (Wildman–Crippen LogP) is 3.81. The average Bonchev–Trinajstić information content (AvgIpc) is 2.90. The van der Waals surface area contributed by atoms with Gasteiger partial charge in [-0.3, -0.25) is 0 Å². The smallest absolute Gasteiger partial charge is 0.0579 e. The van der Waals surface area contributed by atoms with Gasteiger partial charge in [0.25, 0.3) is 0 Å². The summed E-state index contributed by atoms with van der Waals surface area (Å²) in [5.41, 5.74) is 3.72. The van der Waals surface area contributed by atoms with Crippen LogP contribution in [0.3, 0.4) is 0 Å². The largest absolute Gasteiger partial charge is 0.354 e. The fourth-order valence-corrected chi connectivity index (χ4v) is 2.72. The second-order valence-corrected chi connectivity index (χ2v) is 4.52. The van der Waals surface area contributed by atoms with Crippen molar-refractivity contribution in [3.05, 3.63) is 48.7 Å². The monoisotopic (exact) mass is 220 g/mol. The summed E-state index contributed by atoms with van der Waals surface area (Å²) in [6.07, 6.45) is 2.12. The summed E-state index contributed by atoms with van der Waals surface area (Å²) in [7, 11) is 2.10. The van der Waals surface area contributed by atoms with Crippen LogP contribution in [0.1, 0.15) is 0 Å². The molecule has 82 valence electrons. The molecule has 0 aliphatic rings. The van der Waals surface area contributed by atoms with Crippen LogP contribution in [0.25, 0.3) is 32.7 Å². The fraction of sp³-hybridized carbons (Fsp3) is 0.0667. The van der Waals surface area contributed by atoms with E-state index in [2.05, 4.69) is 65.3 Å². The van der Waals surface area contributed by atoms with E-state index in [0.717, 1.165) is 0 Å². The van der Waals surface area contributed by atoms with E-state index < -0.39 is 0 Å². The Balaban J connectivity index is 2.42. The van der Waals surface area contributed by atoms with Crippen LogP contribution in [0, 0.1) is 0 Å². The lowest BCUT2D eigenvalue weighted by molar-refractivity contribution is 0.973. The number of nitrogens with zero attached hydrogens (tertiary/aromatic N) is 1. The Kier molecular flexibility index (Phi) is 1.52. The molecule has 2 aromatic carbocycles. The molecule has 4 aromatic rings. The van der Waals surface area contributed by atoms with Gasteiger partial charge in [0.1, 0.15) is 0 Å². The number of aromatic amines is 1. The van der Waals surface area contributed by atoms with Gasteiger partial charge in [-0.1, -0.05) is 24.3 Å². The maximum atomic E-state index is 3.47. The lowest BCUT2D eigenvalue weighted by Crippen LogP contribution is -1.84. The topological polar surface area (TPSA) is 20.7 Å². The molecule has 0 unspecified atom stereocenters. The molecule has 0 aliphatic carbocycles. The molecule has 0 radical (unpaired) electrons. The van der Waals surface area contributed by atoms with Crippen LogP contribution >= 0.6 is 0 Å². The Morgan fingerprint density at radius 2 is 1.82 bits per heavy atom. The first-order valence-corrected chi connectivity index (χ1v) is 5.79. The van der Waals surface area contributed by atoms with Crippen molar-refractivity contribution in [2.75, 3.05) is 0 Å². The maximum absolute atomic E-state index is 3.47. The first-order chi connectivity index (χ1) is 8.34. The third-order valence-corrected chi connectivity index (χ3v) is 3.51. The molecule has 4 rings (SSSR count). The molecular weight excluding hydrogens is 208 g/mol. The molecule has 0 aliphatic heterocycles. The molecule has 0 amide bonds. The van der Waals surface area contributed by atoms with E-state index in [0.29, 0.717) is 0 Å². The number of hydrogen-bond acceptors (Lipinski definition) is 0. The van der Waals surface area contributed by atoms with Crippen LogP contribution in [0.4, 0.5) is 0 Å². The van der Waals surface area contributed by atoms with Crippen molar-refractivity contribution < 1.29 is 0 Å². The number of nitrogens with one attached hydrogen (secondary N) is 1. The number of hydrogen-bond donors (Lipinski definition) is 1. The third-order valence-electron chi connectivity index (χ3n) is 3.51. The van der Waals surface area contributed by atoms with Gasteiger partial charge in [-0.25, -0.2) is 0 Å². The van der Waals surface area contributed by atoms with Gasteiger partial charge >= 0.3 is 0 Å². The highest BCUT2D eigenvalue weighted by Gasteiger charge is 2.09. The zero-order chi connectivity index (χ0) is 11.4. The van der Waals surface area contributed by atoms with Gasteiger partial charge in [0.15, 0.2) is 0 Å². The lowest BCUT2D eigenvalue weighted by atomic mass is 10.1. The zero-order valence-corrected chi connectivity index (χ0v) is 9.57. The number of rotatable bonds is 0. The summed E-state index contributed by atoms with van der Waals surface area (Å²) in [5.74, 6) is 0. The molecule has 1 N–H and O–H groups in total.